The fourth-order valence-corrected chi connectivity index (χ4v) is 2.80. The van der Waals surface area contributed by atoms with E-state index < -0.39 is 6.04 Å². The molecule has 1 aliphatic carbocycles. The SMILES string of the molecule is CCOc1ccccc1N1C(=O)C(C2CC2)NC(=O)C1C. The molecule has 1 saturated carbocycles. The van der Waals surface area contributed by atoms with Gasteiger partial charge in [-0.2, -0.15) is 0 Å². The van der Waals surface area contributed by atoms with Gasteiger partial charge in [-0.05, 0) is 44.7 Å². The van der Waals surface area contributed by atoms with Crippen molar-refractivity contribution in [2.24, 2.45) is 5.92 Å². The highest BCUT2D eigenvalue weighted by Crippen LogP contribution is 2.38. The molecule has 2 atom stereocenters. The summed E-state index contributed by atoms with van der Waals surface area (Å²) < 4.78 is 5.61. The predicted octanol–water partition coefficient (Wildman–Crippen LogP) is 1.72. The van der Waals surface area contributed by atoms with Gasteiger partial charge in [-0.1, -0.05) is 12.1 Å². The van der Waals surface area contributed by atoms with Crippen LogP contribution in [0.25, 0.3) is 0 Å². The van der Waals surface area contributed by atoms with Crippen LogP contribution in [-0.2, 0) is 9.59 Å². The predicted molar refractivity (Wildman–Crippen MR) is 79.2 cm³/mol. The summed E-state index contributed by atoms with van der Waals surface area (Å²) in [7, 11) is 0. The molecule has 1 heterocycles. The van der Waals surface area contributed by atoms with Gasteiger partial charge in [0.15, 0.2) is 0 Å². The molecule has 2 unspecified atom stereocenters. The number of piperazine rings is 1. The fraction of sp³-hybridized carbons (Fsp3) is 0.500. The van der Waals surface area contributed by atoms with Crippen LogP contribution in [0.2, 0.25) is 0 Å². The number of amides is 2. The van der Waals surface area contributed by atoms with Crippen LogP contribution in [0.4, 0.5) is 5.69 Å². The van der Waals surface area contributed by atoms with Crippen molar-refractivity contribution < 1.29 is 14.3 Å². The van der Waals surface area contributed by atoms with E-state index in [9.17, 15) is 9.59 Å². The first kappa shape index (κ1) is 13.9. The smallest absolute Gasteiger partial charge is 0.250 e. The highest BCUT2D eigenvalue weighted by atomic mass is 16.5. The second kappa shape index (κ2) is 5.39. The van der Waals surface area contributed by atoms with Crippen molar-refractivity contribution in [3.8, 4) is 5.75 Å². The van der Waals surface area contributed by atoms with Crippen molar-refractivity contribution >= 4 is 17.5 Å². The third kappa shape index (κ3) is 2.48. The van der Waals surface area contributed by atoms with E-state index in [2.05, 4.69) is 5.32 Å². The third-order valence-electron chi connectivity index (χ3n) is 4.09. The highest BCUT2D eigenvalue weighted by Gasteiger charge is 2.46. The minimum absolute atomic E-state index is 0.0308. The quantitative estimate of drug-likeness (QED) is 0.917. The second-order valence-electron chi connectivity index (χ2n) is 5.61. The van der Waals surface area contributed by atoms with Crippen molar-refractivity contribution in [2.75, 3.05) is 11.5 Å². The zero-order valence-electron chi connectivity index (χ0n) is 12.3. The summed E-state index contributed by atoms with van der Waals surface area (Å²) in [5.41, 5.74) is 0.678. The summed E-state index contributed by atoms with van der Waals surface area (Å²) in [6.07, 6.45) is 2.01. The molecular formula is C16H20N2O3. The summed E-state index contributed by atoms with van der Waals surface area (Å²) >= 11 is 0. The van der Waals surface area contributed by atoms with Gasteiger partial charge in [-0.15, -0.1) is 0 Å². The van der Waals surface area contributed by atoms with Crippen LogP contribution in [0.5, 0.6) is 5.75 Å². The van der Waals surface area contributed by atoms with Crippen LogP contribution >= 0.6 is 0 Å². The van der Waals surface area contributed by atoms with E-state index in [0.717, 1.165) is 12.8 Å². The second-order valence-corrected chi connectivity index (χ2v) is 5.61. The Labute approximate surface area is 124 Å². The molecule has 1 aromatic carbocycles. The Balaban J connectivity index is 1.97. The molecule has 0 bridgehead atoms. The summed E-state index contributed by atoms with van der Waals surface area (Å²) in [6, 6.07) is 6.49. The third-order valence-corrected chi connectivity index (χ3v) is 4.09. The molecule has 0 spiro atoms. The number of para-hydroxylation sites is 2. The normalized spacial score (nSPS) is 25.7. The summed E-state index contributed by atoms with van der Waals surface area (Å²) in [4.78, 5) is 26.6. The lowest BCUT2D eigenvalue weighted by molar-refractivity contribution is -0.134. The number of anilines is 1. The number of carbonyl (C=O) groups is 2. The molecule has 1 N–H and O–H groups in total. The Morgan fingerprint density at radius 3 is 2.67 bits per heavy atom. The monoisotopic (exact) mass is 288 g/mol. The number of nitrogens with zero attached hydrogens (tertiary/aromatic N) is 1. The maximum atomic E-state index is 12.8. The van der Waals surface area contributed by atoms with Gasteiger partial charge in [0.25, 0.3) is 5.91 Å². The van der Waals surface area contributed by atoms with Crippen molar-refractivity contribution in [1.82, 2.24) is 5.32 Å². The number of carbonyl (C=O) groups excluding carboxylic acids is 2. The number of nitrogens with one attached hydrogen (secondary N) is 1. The molecule has 2 fully saturated rings. The molecular weight excluding hydrogens is 268 g/mol. The molecule has 2 aliphatic rings. The van der Waals surface area contributed by atoms with Crippen LogP contribution in [0.3, 0.4) is 0 Å². The van der Waals surface area contributed by atoms with Crippen LogP contribution < -0.4 is 15.0 Å². The van der Waals surface area contributed by atoms with Gasteiger partial charge >= 0.3 is 0 Å². The Hall–Kier alpha value is -2.04. The molecule has 1 aliphatic heterocycles. The lowest BCUT2D eigenvalue weighted by atomic mass is 10.0. The molecule has 112 valence electrons. The summed E-state index contributed by atoms with van der Waals surface area (Å²) in [5, 5.41) is 2.86. The van der Waals surface area contributed by atoms with E-state index in [0.29, 0.717) is 18.0 Å². The molecule has 1 aromatic rings. The number of ether oxygens (including phenoxy) is 1. The average Bonchev–Trinajstić information content (AvgIpc) is 3.30. The highest BCUT2D eigenvalue weighted by molar-refractivity contribution is 6.09. The number of hydrogen-bond donors (Lipinski definition) is 1. The van der Waals surface area contributed by atoms with Crippen LogP contribution in [0.1, 0.15) is 26.7 Å². The molecule has 5 nitrogen and oxygen atoms in total. The largest absolute Gasteiger partial charge is 0.492 e. The van der Waals surface area contributed by atoms with E-state index in [1.165, 1.54) is 0 Å². The zero-order valence-corrected chi connectivity index (χ0v) is 12.3. The van der Waals surface area contributed by atoms with Gasteiger partial charge < -0.3 is 10.1 Å². The Kier molecular flexibility index (Phi) is 3.57. The van der Waals surface area contributed by atoms with Gasteiger partial charge in [-0.3, -0.25) is 14.5 Å². The Bertz CT molecular complexity index is 568. The molecule has 0 aromatic heterocycles. The Morgan fingerprint density at radius 2 is 2.00 bits per heavy atom. The molecule has 1 saturated heterocycles. The minimum atomic E-state index is -0.519. The summed E-state index contributed by atoms with van der Waals surface area (Å²) in [6.45, 7) is 4.17. The topological polar surface area (TPSA) is 58.6 Å². The number of rotatable bonds is 4. The van der Waals surface area contributed by atoms with Gasteiger partial charge in [0, 0.05) is 0 Å². The fourth-order valence-electron chi connectivity index (χ4n) is 2.80. The lowest BCUT2D eigenvalue weighted by Gasteiger charge is -2.38. The molecule has 3 rings (SSSR count). The first-order valence-electron chi connectivity index (χ1n) is 7.48. The van der Waals surface area contributed by atoms with Gasteiger partial charge in [-0.25, -0.2) is 0 Å². The maximum Gasteiger partial charge on any atom is 0.250 e. The van der Waals surface area contributed by atoms with Gasteiger partial charge in [0.05, 0.1) is 12.3 Å². The zero-order chi connectivity index (χ0) is 15.0. The first-order valence-corrected chi connectivity index (χ1v) is 7.48. The van der Waals surface area contributed by atoms with Crippen molar-refractivity contribution in [2.45, 2.75) is 38.8 Å². The van der Waals surface area contributed by atoms with E-state index >= 15 is 0 Å². The molecule has 0 radical (unpaired) electrons. The van der Waals surface area contributed by atoms with Crippen LogP contribution in [0, 0.1) is 5.92 Å². The number of hydrogen-bond acceptors (Lipinski definition) is 3. The van der Waals surface area contributed by atoms with E-state index in [1.807, 2.05) is 31.2 Å². The van der Waals surface area contributed by atoms with Crippen molar-refractivity contribution in [1.29, 1.82) is 0 Å². The standard InChI is InChI=1S/C16H20N2O3/c1-3-21-13-7-5-4-6-12(13)18-10(2)15(19)17-14(16(18)20)11-8-9-11/h4-7,10-11,14H,3,8-9H2,1-2H3,(H,17,19). The summed E-state index contributed by atoms with van der Waals surface area (Å²) in [5.74, 6) is 0.801. The first-order chi connectivity index (χ1) is 10.1. The van der Waals surface area contributed by atoms with Crippen molar-refractivity contribution in [3.63, 3.8) is 0 Å². The van der Waals surface area contributed by atoms with Crippen molar-refractivity contribution in [3.05, 3.63) is 24.3 Å². The molecule has 5 heteroatoms. The van der Waals surface area contributed by atoms with Crippen LogP contribution in [-0.4, -0.2) is 30.5 Å². The van der Waals surface area contributed by atoms with E-state index in [4.69, 9.17) is 4.74 Å². The average molecular weight is 288 g/mol. The number of benzene rings is 1. The van der Waals surface area contributed by atoms with Crippen LogP contribution in [0.15, 0.2) is 24.3 Å². The lowest BCUT2D eigenvalue weighted by Crippen LogP contribution is -2.63. The maximum absolute atomic E-state index is 12.8. The van der Waals surface area contributed by atoms with E-state index in [1.54, 1.807) is 11.8 Å². The van der Waals surface area contributed by atoms with Gasteiger partial charge in [0.2, 0.25) is 5.91 Å². The van der Waals surface area contributed by atoms with Gasteiger partial charge in [0.1, 0.15) is 17.8 Å². The molecule has 2 amide bonds. The Morgan fingerprint density at radius 1 is 1.29 bits per heavy atom. The molecule has 21 heavy (non-hydrogen) atoms. The minimum Gasteiger partial charge on any atom is -0.492 e. The van der Waals surface area contributed by atoms with E-state index in [-0.39, 0.29) is 23.8 Å².